The van der Waals surface area contributed by atoms with E-state index in [4.69, 9.17) is 14.2 Å². The molecule has 2 saturated heterocycles. The zero-order valence-electron chi connectivity index (χ0n) is 18.3. The van der Waals surface area contributed by atoms with Gasteiger partial charge < -0.3 is 24.4 Å². The van der Waals surface area contributed by atoms with Crippen molar-refractivity contribution in [2.75, 3.05) is 46.7 Å². The van der Waals surface area contributed by atoms with E-state index in [0.717, 1.165) is 63.1 Å². The van der Waals surface area contributed by atoms with Gasteiger partial charge in [-0.05, 0) is 55.2 Å². The summed E-state index contributed by atoms with van der Waals surface area (Å²) >= 11 is 0. The standard InChI is InChI=1S/C24H35N3O3/c1-25-22(27-12-9-23(17-27)7-3-2-4-8-23)26-16-24(10-13-28-14-11-24)19-5-6-20-21(15-19)30-18-29-20/h5-6,15H,2-4,7-14,16-18H2,1H3,(H,25,26). The van der Waals surface area contributed by atoms with Crippen LogP contribution in [0.3, 0.4) is 0 Å². The number of likely N-dealkylation sites (tertiary alicyclic amines) is 1. The molecule has 164 valence electrons. The van der Waals surface area contributed by atoms with Gasteiger partial charge in [0.1, 0.15) is 0 Å². The Hall–Kier alpha value is -1.95. The van der Waals surface area contributed by atoms with Crippen molar-refractivity contribution in [3.8, 4) is 11.5 Å². The molecule has 0 unspecified atom stereocenters. The van der Waals surface area contributed by atoms with Crippen molar-refractivity contribution in [1.82, 2.24) is 10.2 Å². The van der Waals surface area contributed by atoms with Crippen LogP contribution in [0.1, 0.15) is 56.9 Å². The molecular formula is C24H35N3O3. The molecule has 1 N–H and O–H groups in total. The summed E-state index contributed by atoms with van der Waals surface area (Å²) in [6.07, 6.45) is 10.3. The number of rotatable bonds is 3. The molecule has 0 amide bonds. The van der Waals surface area contributed by atoms with Gasteiger partial charge in [-0.2, -0.15) is 0 Å². The van der Waals surface area contributed by atoms with E-state index in [2.05, 4.69) is 33.4 Å². The molecule has 1 aromatic rings. The van der Waals surface area contributed by atoms with Gasteiger partial charge in [-0.15, -0.1) is 0 Å². The van der Waals surface area contributed by atoms with Crippen LogP contribution in [0, 0.1) is 5.41 Å². The highest BCUT2D eigenvalue weighted by molar-refractivity contribution is 5.80. The average molecular weight is 414 g/mol. The van der Waals surface area contributed by atoms with Crippen molar-refractivity contribution < 1.29 is 14.2 Å². The lowest BCUT2D eigenvalue weighted by atomic mass is 9.73. The van der Waals surface area contributed by atoms with Gasteiger partial charge in [0.2, 0.25) is 6.79 Å². The first-order valence-corrected chi connectivity index (χ1v) is 11.7. The Morgan fingerprint density at radius 1 is 1.03 bits per heavy atom. The Labute approximate surface area is 180 Å². The molecular weight excluding hydrogens is 378 g/mol. The van der Waals surface area contributed by atoms with Crippen molar-refractivity contribution >= 4 is 5.96 Å². The predicted octanol–water partition coefficient (Wildman–Crippen LogP) is 3.70. The van der Waals surface area contributed by atoms with Crippen LogP contribution < -0.4 is 14.8 Å². The summed E-state index contributed by atoms with van der Waals surface area (Å²) in [5, 5.41) is 3.76. The first-order chi connectivity index (χ1) is 14.7. The highest BCUT2D eigenvalue weighted by atomic mass is 16.7. The van der Waals surface area contributed by atoms with Crippen LogP contribution in [-0.2, 0) is 10.2 Å². The second-order valence-corrected chi connectivity index (χ2v) is 9.59. The number of nitrogens with one attached hydrogen (secondary N) is 1. The van der Waals surface area contributed by atoms with E-state index in [9.17, 15) is 0 Å². The zero-order valence-corrected chi connectivity index (χ0v) is 18.3. The van der Waals surface area contributed by atoms with Gasteiger partial charge in [0, 0.05) is 45.3 Å². The number of nitrogens with zero attached hydrogens (tertiary/aromatic N) is 2. The number of ether oxygens (including phenoxy) is 3. The first kappa shape index (κ1) is 20.0. The van der Waals surface area contributed by atoms with Gasteiger partial charge in [0.25, 0.3) is 0 Å². The molecule has 1 aliphatic carbocycles. The number of hydrogen-bond donors (Lipinski definition) is 1. The smallest absolute Gasteiger partial charge is 0.231 e. The Morgan fingerprint density at radius 3 is 2.63 bits per heavy atom. The molecule has 5 rings (SSSR count). The molecule has 4 aliphatic rings. The molecule has 0 aromatic heterocycles. The summed E-state index contributed by atoms with van der Waals surface area (Å²) < 4.78 is 16.9. The van der Waals surface area contributed by atoms with E-state index >= 15 is 0 Å². The Balaban J connectivity index is 1.30. The summed E-state index contributed by atoms with van der Waals surface area (Å²) in [5.74, 6) is 2.77. The van der Waals surface area contributed by atoms with Gasteiger partial charge in [0.15, 0.2) is 17.5 Å². The summed E-state index contributed by atoms with van der Waals surface area (Å²) in [5.41, 5.74) is 1.87. The van der Waals surface area contributed by atoms with Crippen molar-refractivity contribution in [3.05, 3.63) is 23.8 Å². The van der Waals surface area contributed by atoms with Crippen LogP contribution in [0.5, 0.6) is 11.5 Å². The Kier molecular flexibility index (Phi) is 5.52. The molecule has 0 radical (unpaired) electrons. The maximum absolute atomic E-state index is 5.72. The average Bonchev–Trinajstić information content (AvgIpc) is 3.42. The number of aliphatic imine (C=N–C) groups is 1. The van der Waals surface area contributed by atoms with Gasteiger partial charge >= 0.3 is 0 Å². The molecule has 30 heavy (non-hydrogen) atoms. The Bertz CT molecular complexity index is 782. The predicted molar refractivity (Wildman–Crippen MR) is 117 cm³/mol. The van der Waals surface area contributed by atoms with Crippen LogP contribution in [0.25, 0.3) is 0 Å². The first-order valence-electron chi connectivity index (χ1n) is 11.7. The highest BCUT2D eigenvalue weighted by Gasteiger charge is 2.41. The normalized spacial score (nSPS) is 25.0. The molecule has 6 nitrogen and oxygen atoms in total. The van der Waals surface area contributed by atoms with Crippen LogP contribution in [0.4, 0.5) is 0 Å². The van der Waals surface area contributed by atoms with E-state index in [0.29, 0.717) is 12.2 Å². The fourth-order valence-corrected chi connectivity index (χ4v) is 5.96. The Morgan fingerprint density at radius 2 is 1.83 bits per heavy atom. The quantitative estimate of drug-likeness (QED) is 0.605. The second kappa shape index (κ2) is 8.29. The van der Waals surface area contributed by atoms with Crippen LogP contribution in [0.15, 0.2) is 23.2 Å². The molecule has 6 heteroatoms. The van der Waals surface area contributed by atoms with Crippen molar-refractivity contribution in [1.29, 1.82) is 0 Å². The number of hydrogen-bond acceptors (Lipinski definition) is 4. The molecule has 3 aliphatic heterocycles. The maximum atomic E-state index is 5.72. The van der Waals surface area contributed by atoms with Gasteiger partial charge in [-0.3, -0.25) is 4.99 Å². The van der Waals surface area contributed by atoms with Crippen molar-refractivity contribution in [2.45, 2.75) is 56.8 Å². The van der Waals surface area contributed by atoms with Crippen LogP contribution >= 0.6 is 0 Å². The van der Waals surface area contributed by atoms with E-state index in [1.165, 1.54) is 44.1 Å². The summed E-state index contributed by atoms with van der Waals surface area (Å²) in [4.78, 5) is 7.17. The fraction of sp³-hybridized carbons (Fsp3) is 0.708. The third-order valence-corrected chi connectivity index (χ3v) is 7.88. The van der Waals surface area contributed by atoms with Crippen LogP contribution in [0.2, 0.25) is 0 Å². The van der Waals surface area contributed by atoms with E-state index in [-0.39, 0.29) is 5.41 Å². The summed E-state index contributed by atoms with van der Waals surface area (Å²) in [6, 6.07) is 6.43. The SMILES string of the molecule is CN=C(NCC1(c2ccc3c(c2)OCO3)CCOCC1)N1CCC2(CCCCC2)C1. The monoisotopic (exact) mass is 413 g/mol. The lowest BCUT2D eigenvalue weighted by Gasteiger charge is -2.39. The molecule has 1 saturated carbocycles. The summed E-state index contributed by atoms with van der Waals surface area (Å²) in [6.45, 7) is 5.05. The van der Waals surface area contributed by atoms with Gasteiger partial charge in [0.05, 0.1) is 0 Å². The van der Waals surface area contributed by atoms with Gasteiger partial charge in [-0.1, -0.05) is 25.3 Å². The molecule has 0 bridgehead atoms. The zero-order chi connectivity index (χ0) is 20.4. The number of guanidine groups is 1. The van der Waals surface area contributed by atoms with E-state index in [1.807, 2.05) is 7.05 Å². The second-order valence-electron chi connectivity index (χ2n) is 9.59. The van der Waals surface area contributed by atoms with E-state index < -0.39 is 0 Å². The lowest BCUT2D eigenvalue weighted by Crippen LogP contribution is -2.49. The molecule has 0 atom stereocenters. The lowest BCUT2D eigenvalue weighted by molar-refractivity contribution is 0.0511. The number of fused-ring (bicyclic) bond motifs is 1. The van der Waals surface area contributed by atoms with Crippen molar-refractivity contribution in [3.63, 3.8) is 0 Å². The maximum Gasteiger partial charge on any atom is 0.231 e. The molecule has 3 fully saturated rings. The molecule has 1 aromatic carbocycles. The third kappa shape index (κ3) is 3.75. The largest absolute Gasteiger partial charge is 0.454 e. The molecule has 1 spiro atoms. The van der Waals surface area contributed by atoms with E-state index in [1.54, 1.807) is 0 Å². The minimum Gasteiger partial charge on any atom is -0.454 e. The number of benzene rings is 1. The third-order valence-electron chi connectivity index (χ3n) is 7.88. The molecule has 3 heterocycles. The minimum absolute atomic E-state index is 0.0252. The van der Waals surface area contributed by atoms with Crippen LogP contribution in [-0.4, -0.2) is 57.5 Å². The van der Waals surface area contributed by atoms with Gasteiger partial charge in [-0.25, -0.2) is 0 Å². The van der Waals surface area contributed by atoms with Crippen molar-refractivity contribution in [2.24, 2.45) is 10.4 Å². The topological polar surface area (TPSA) is 55.3 Å². The minimum atomic E-state index is 0.0252. The fourth-order valence-electron chi connectivity index (χ4n) is 5.96. The highest BCUT2D eigenvalue weighted by Crippen LogP contribution is 2.44. The summed E-state index contributed by atoms with van der Waals surface area (Å²) in [7, 11) is 1.92.